The minimum absolute atomic E-state index is 0.0334. The second kappa shape index (κ2) is 20.8. The van der Waals surface area contributed by atoms with Crippen LogP contribution in [0.5, 0.6) is 0 Å². The zero-order valence-electron chi connectivity index (χ0n) is 26.2. The number of likely N-dealkylation sites (tertiary alicyclic amines) is 1. The van der Waals surface area contributed by atoms with Gasteiger partial charge in [-0.1, -0.05) is 23.7 Å². The van der Waals surface area contributed by atoms with Gasteiger partial charge in [-0.05, 0) is 62.8 Å². The average Bonchev–Trinajstić information content (AvgIpc) is 3.04. The highest BCUT2D eigenvalue weighted by atomic mass is 35.5. The lowest BCUT2D eigenvalue weighted by Crippen LogP contribution is -2.52. The summed E-state index contributed by atoms with van der Waals surface area (Å²) in [7, 11) is 3.24. The van der Waals surface area contributed by atoms with Gasteiger partial charge in [0.1, 0.15) is 0 Å². The normalized spacial score (nSPS) is 20.6. The summed E-state index contributed by atoms with van der Waals surface area (Å²) in [5.41, 5.74) is 0.971. The van der Waals surface area contributed by atoms with Crippen LogP contribution in [0.2, 0.25) is 5.02 Å². The topological polar surface area (TPSA) is 216 Å². The number of methoxy groups -OCH3 is 1. The molecule has 6 atom stereocenters. The number of carboxylic acid groups (broad SMARTS) is 2. The first-order valence-corrected chi connectivity index (χ1v) is 15.6. The van der Waals surface area contributed by atoms with E-state index in [1.54, 1.807) is 0 Å². The molecule has 3 amide bonds. The lowest BCUT2D eigenvalue weighted by molar-refractivity contribution is -0.165. The van der Waals surface area contributed by atoms with E-state index in [9.17, 15) is 19.2 Å². The molecule has 16 heteroatoms. The SMILES string of the molecule is CNC[C@H](C[C@H]1CCCOC1)NC(=O)N1CCC[C@@H]([C@@H](OCCNC(=O)OC)c2cccc(Cl)c2)C1.O=C(O)[C@H](O)[C@@H](O)C(=O)O. The van der Waals surface area contributed by atoms with Crippen LogP contribution in [0.1, 0.15) is 43.8 Å². The molecule has 0 unspecified atom stereocenters. The largest absolute Gasteiger partial charge is 0.479 e. The van der Waals surface area contributed by atoms with E-state index in [0.29, 0.717) is 37.2 Å². The van der Waals surface area contributed by atoms with Gasteiger partial charge in [0.2, 0.25) is 0 Å². The van der Waals surface area contributed by atoms with Crippen LogP contribution >= 0.6 is 11.6 Å². The fourth-order valence-electron chi connectivity index (χ4n) is 5.41. The van der Waals surface area contributed by atoms with Gasteiger partial charge in [0.25, 0.3) is 0 Å². The fourth-order valence-corrected chi connectivity index (χ4v) is 5.61. The summed E-state index contributed by atoms with van der Waals surface area (Å²) in [4.78, 5) is 46.1. The molecule has 1 aromatic rings. The molecule has 2 fully saturated rings. The number of aliphatic hydroxyl groups is 2. The van der Waals surface area contributed by atoms with Gasteiger partial charge in [0, 0.05) is 56.4 Å². The maximum atomic E-state index is 13.3. The Kier molecular flexibility index (Phi) is 17.6. The fraction of sp³-hybridized carbons (Fsp3) is 0.667. The zero-order chi connectivity index (χ0) is 34.1. The van der Waals surface area contributed by atoms with Crippen molar-refractivity contribution in [2.45, 2.75) is 56.5 Å². The number of ether oxygens (including phenoxy) is 3. The van der Waals surface area contributed by atoms with Crippen molar-refractivity contribution in [1.29, 1.82) is 0 Å². The number of carbonyl (C=O) groups is 4. The number of rotatable bonds is 14. The second-order valence-corrected chi connectivity index (χ2v) is 11.6. The van der Waals surface area contributed by atoms with Crippen LogP contribution in [0.3, 0.4) is 0 Å². The van der Waals surface area contributed by atoms with Crippen LogP contribution < -0.4 is 16.0 Å². The Labute approximate surface area is 273 Å². The Hall–Kier alpha value is -3.21. The third-order valence-electron chi connectivity index (χ3n) is 7.66. The number of benzene rings is 1. The molecule has 260 valence electrons. The van der Waals surface area contributed by atoms with Crippen molar-refractivity contribution in [2.24, 2.45) is 11.8 Å². The highest BCUT2D eigenvalue weighted by Crippen LogP contribution is 2.34. The van der Waals surface area contributed by atoms with Gasteiger partial charge in [0.15, 0.2) is 12.2 Å². The number of carboxylic acids is 2. The second-order valence-electron chi connectivity index (χ2n) is 11.2. The predicted molar refractivity (Wildman–Crippen MR) is 167 cm³/mol. The first-order valence-electron chi connectivity index (χ1n) is 15.2. The summed E-state index contributed by atoms with van der Waals surface area (Å²) >= 11 is 6.28. The number of aliphatic hydroxyl groups excluding tert-OH is 2. The Morgan fingerprint density at radius 1 is 1.11 bits per heavy atom. The molecular weight excluding hydrogens is 628 g/mol. The van der Waals surface area contributed by atoms with E-state index in [0.717, 1.165) is 57.4 Å². The number of hydrogen-bond acceptors (Lipinski definition) is 10. The highest BCUT2D eigenvalue weighted by molar-refractivity contribution is 6.30. The third-order valence-corrected chi connectivity index (χ3v) is 7.90. The van der Waals surface area contributed by atoms with E-state index < -0.39 is 30.2 Å². The molecule has 0 aromatic heterocycles. The van der Waals surface area contributed by atoms with Crippen LogP contribution in [0.4, 0.5) is 9.59 Å². The first kappa shape index (κ1) is 39.0. The van der Waals surface area contributed by atoms with Crippen LogP contribution in [0.25, 0.3) is 0 Å². The summed E-state index contributed by atoms with van der Waals surface area (Å²) in [6, 6.07) is 7.67. The van der Waals surface area contributed by atoms with Crippen molar-refractivity contribution in [1.82, 2.24) is 20.9 Å². The first-order chi connectivity index (χ1) is 22.0. The Morgan fingerprint density at radius 2 is 1.83 bits per heavy atom. The number of aliphatic carboxylic acids is 2. The number of nitrogens with zero attached hydrogens (tertiary/aromatic N) is 1. The van der Waals surface area contributed by atoms with Crippen molar-refractivity contribution >= 4 is 35.7 Å². The van der Waals surface area contributed by atoms with E-state index in [-0.39, 0.29) is 24.1 Å². The minimum atomic E-state index is -2.27. The van der Waals surface area contributed by atoms with Crippen LogP contribution in [0, 0.1) is 11.8 Å². The highest BCUT2D eigenvalue weighted by Gasteiger charge is 2.32. The van der Waals surface area contributed by atoms with E-state index in [4.69, 9.17) is 41.5 Å². The zero-order valence-corrected chi connectivity index (χ0v) is 27.0. The number of hydrogen-bond donors (Lipinski definition) is 7. The maximum Gasteiger partial charge on any atom is 0.406 e. The summed E-state index contributed by atoms with van der Waals surface area (Å²) in [6.45, 7) is 4.29. The van der Waals surface area contributed by atoms with Crippen molar-refractivity contribution in [3.8, 4) is 0 Å². The average molecular weight is 675 g/mol. The van der Waals surface area contributed by atoms with E-state index in [1.807, 2.05) is 36.2 Å². The van der Waals surface area contributed by atoms with Crippen molar-refractivity contribution in [3.05, 3.63) is 34.9 Å². The molecule has 15 nitrogen and oxygen atoms in total. The molecule has 2 aliphatic rings. The Bertz CT molecular complexity index is 1090. The van der Waals surface area contributed by atoms with Crippen molar-refractivity contribution in [3.63, 3.8) is 0 Å². The molecule has 1 aromatic carbocycles. The number of alkyl carbamates (subject to hydrolysis) is 1. The molecule has 3 rings (SSSR count). The monoisotopic (exact) mass is 674 g/mol. The summed E-state index contributed by atoms with van der Waals surface area (Å²) < 4.78 is 16.5. The lowest BCUT2D eigenvalue weighted by atomic mass is 9.88. The van der Waals surface area contributed by atoms with Gasteiger partial charge in [-0.3, -0.25) is 0 Å². The maximum absolute atomic E-state index is 13.3. The summed E-state index contributed by atoms with van der Waals surface area (Å²) in [5, 5.41) is 42.3. The molecule has 0 radical (unpaired) electrons. The lowest BCUT2D eigenvalue weighted by Gasteiger charge is -2.38. The van der Waals surface area contributed by atoms with Gasteiger partial charge in [-0.15, -0.1) is 0 Å². The van der Waals surface area contributed by atoms with Crippen molar-refractivity contribution in [2.75, 3.05) is 60.2 Å². The number of carbonyl (C=O) groups excluding carboxylic acids is 2. The smallest absolute Gasteiger partial charge is 0.406 e. The number of nitrogens with one attached hydrogen (secondary N) is 3. The number of urea groups is 1. The van der Waals surface area contributed by atoms with Gasteiger partial charge in [-0.25, -0.2) is 19.2 Å². The van der Waals surface area contributed by atoms with E-state index in [1.165, 1.54) is 7.11 Å². The van der Waals surface area contributed by atoms with Gasteiger partial charge in [-0.2, -0.15) is 0 Å². The van der Waals surface area contributed by atoms with Gasteiger partial charge < -0.3 is 55.5 Å². The molecule has 0 saturated carbocycles. The third kappa shape index (κ3) is 13.6. The molecule has 2 aliphatic heterocycles. The molecular formula is C30H47ClN4O11. The predicted octanol–water partition coefficient (Wildman–Crippen LogP) is 1.46. The number of likely N-dealkylation sites (N-methyl/N-ethyl adjacent to an activating group) is 1. The molecule has 2 saturated heterocycles. The quantitative estimate of drug-likeness (QED) is 0.140. The van der Waals surface area contributed by atoms with Crippen LogP contribution in [0.15, 0.2) is 24.3 Å². The molecule has 0 aliphatic carbocycles. The number of halogens is 1. The minimum Gasteiger partial charge on any atom is -0.479 e. The van der Waals surface area contributed by atoms with Gasteiger partial charge >= 0.3 is 24.1 Å². The summed E-state index contributed by atoms with van der Waals surface area (Å²) in [5.74, 6) is -2.95. The van der Waals surface area contributed by atoms with E-state index in [2.05, 4.69) is 20.7 Å². The van der Waals surface area contributed by atoms with E-state index >= 15 is 0 Å². The molecule has 0 bridgehead atoms. The molecule has 7 N–H and O–H groups in total. The van der Waals surface area contributed by atoms with Crippen LogP contribution in [-0.2, 0) is 23.8 Å². The standard InChI is InChI=1S/C26H41ClN4O5.C4H6O6/c1-28-16-23(14-19-6-5-12-35-18-19)30-25(32)31-11-4-8-21(17-31)24(20-7-3-9-22(27)15-20)36-13-10-29-26(33)34-2;5-1(3(7)8)2(6)4(9)10/h3,7,9,15,19,21,23-24,28H,4-6,8,10-14,16-18H2,1-2H3,(H,29,33)(H,30,32);1-2,5-6H,(H,7,8)(H,9,10)/t19-,21-,23+,24+;1-,2-/m11/s1. The number of amides is 3. The van der Waals surface area contributed by atoms with Crippen molar-refractivity contribution < 1.29 is 53.8 Å². The summed E-state index contributed by atoms with van der Waals surface area (Å²) in [6.07, 6.45) is -0.303. The molecule has 46 heavy (non-hydrogen) atoms. The van der Waals surface area contributed by atoms with Gasteiger partial charge in [0.05, 0.1) is 19.8 Å². The molecule has 2 heterocycles. The van der Waals surface area contributed by atoms with Crippen LogP contribution in [-0.4, -0.2) is 128 Å². The molecule has 0 spiro atoms. The Morgan fingerprint density at radius 3 is 2.41 bits per heavy atom. The number of piperidine rings is 1. The Balaban J connectivity index is 0.000000634.